The maximum absolute atomic E-state index is 14.4. The molecule has 2 aromatic rings. The maximum atomic E-state index is 14.4. The minimum atomic E-state index is -1.52. The molecule has 1 aromatic heterocycles. The minimum Gasteiger partial charge on any atom is -0.497 e. The fraction of sp³-hybridized carbons (Fsp3) is 0.721. The molecule has 18 heteroatoms. The molecule has 4 heterocycles. The summed E-state index contributed by atoms with van der Waals surface area (Å²) in [5, 5.41) is 19.9. The van der Waals surface area contributed by atoms with Crippen molar-refractivity contribution in [2.45, 2.75) is 148 Å². The Bertz CT molecular complexity index is 1830. The number of nitrogens with zero attached hydrogens (tertiary/aromatic N) is 4. The van der Waals surface area contributed by atoms with Crippen LogP contribution in [0.4, 0.5) is 4.79 Å². The van der Waals surface area contributed by atoms with Gasteiger partial charge in [-0.05, 0) is 98.7 Å². The molecule has 5 rings (SSSR count). The second-order valence-electron chi connectivity index (χ2n) is 17.4. The summed E-state index contributed by atoms with van der Waals surface area (Å²) >= 11 is 0. The van der Waals surface area contributed by atoms with Gasteiger partial charge in [0.05, 0.1) is 30.8 Å². The van der Waals surface area contributed by atoms with Crippen LogP contribution in [0, 0.1) is 17.8 Å². The molecule has 13 atom stereocenters. The Hall–Kier alpha value is -4.20. The molecule has 0 bridgehead atoms. The zero-order chi connectivity index (χ0) is 45.0. The number of hydrazine groups is 1. The molecular weight excluding hydrogens is 793 g/mol. The van der Waals surface area contributed by atoms with Crippen LogP contribution >= 0.6 is 0 Å². The van der Waals surface area contributed by atoms with Gasteiger partial charge >= 0.3 is 12.1 Å². The highest BCUT2D eigenvalue weighted by Crippen LogP contribution is 2.40. The number of ether oxygens (including phenoxy) is 6. The smallest absolute Gasteiger partial charge is 0.425 e. The summed E-state index contributed by atoms with van der Waals surface area (Å²) in [5.74, 6) is -3.32. The lowest BCUT2D eigenvalue weighted by atomic mass is 9.79. The number of esters is 1. The van der Waals surface area contributed by atoms with E-state index in [1.54, 1.807) is 53.9 Å². The van der Waals surface area contributed by atoms with E-state index in [-0.39, 0.29) is 31.5 Å². The summed E-state index contributed by atoms with van der Waals surface area (Å²) in [5.41, 5.74) is 1.14. The number of cyclic esters (lactones) is 1. The first-order valence-corrected chi connectivity index (χ1v) is 21.3. The van der Waals surface area contributed by atoms with E-state index in [1.807, 2.05) is 45.0 Å². The molecule has 3 N–H and O–H groups in total. The number of aliphatic hydroxyl groups is 1. The third kappa shape index (κ3) is 10.4. The molecule has 3 fully saturated rings. The van der Waals surface area contributed by atoms with Crippen LogP contribution in [0.15, 0.2) is 28.8 Å². The summed E-state index contributed by atoms with van der Waals surface area (Å²) < 4.78 is 41.7. The number of ketones is 1. The summed E-state index contributed by atoms with van der Waals surface area (Å²) in [4.78, 5) is 62.9. The van der Waals surface area contributed by atoms with Crippen molar-refractivity contribution >= 4 is 23.8 Å². The third-order valence-electron chi connectivity index (χ3n) is 12.6. The second-order valence-corrected chi connectivity index (χ2v) is 17.4. The quantitative estimate of drug-likeness (QED) is 0.158. The molecule has 0 aliphatic carbocycles. The number of hydrogen-bond acceptors (Lipinski definition) is 16. The Kier molecular flexibility index (Phi) is 15.6. The van der Waals surface area contributed by atoms with Crippen molar-refractivity contribution in [3.8, 4) is 17.1 Å². The first kappa shape index (κ1) is 47.8. The van der Waals surface area contributed by atoms with Crippen LogP contribution in [-0.2, 0) is 44.5 Å². The normalized spacial score (nSPS) is 35.5. The number of aliphatic hydroxyl groups excluding tert-OH is 1. The molecular formula is C43H66N6O12. The number of benzene rings is 1. The summed E-state index contributed by atoms with van der Waals surface area (Å²) in [6, 6.07) is 5.47. The van der Waals surface area contributed by atoms with Gasteiger partial charge in [0.2, 0.25) is 17.6 Å². The zero-order valence-corrected chi connectivity index (χ0v) is 37.6. The SMILES string of the molecule is CC[C@@H]1OC(=O)[C@H](C)C(=O)[C@H](C)[C@H](O[C@@H]2O[C@H](C)C[C@H](N(C)C)[C@H]2O)[C@@](C)(OC)C[C@@H](C)NC(=O)C(C)[C@H]2N(NCCCc3nc(-c4ccc(OC)cc4)no3)C(=O)O[C@]12C. The predicted molar refractivity (Wildman–Crippen MR) is 221 cm³/mol. The molecule has 3 saturated heterocycles. The molecule has 18 nitrogen and oxygen atoms in total. The van der Waals surface area contributed by atoms with Crippen LogP contribution in [-0.4, -0.2) is 144 Å². The fourth-order valence-electron chi connectivity index (χ4n) is 9.05. The maximum Gasteiger partial charge on any atom is 0.425 e. The number of aromatic nitrogens is 2. The lowest BCUT2D eigenvalue weighted by Gasteiger charge is -2.46. The van der Waals surface area contributed by atoms with Crippen molar-refractivity contribution in [2.75, 3.05) is 34.9 Å². The number of methoxy groups -OCH3 is 2. The highest BCUT2D eigenvalue weighted by molar-refractivity contribution is 6.00. The van der Waals surface area contributed by atoms with Crippen LogP contribution in [0.25, 0.3) is 11.4 Å². The Morgan fingerprint density at radius 2 is 1.72 bits per heavy atom. The summed E-state index contributed by atoms with van der Waals surface area (Å²) in [6.07, 6.45) is -3.53. The van der Waals surface area contributed by atoms with Gasteiger partial charge in [0.25, 0.3) is 0 Å². The first-order chi connectivity index (χ1) is 28.8. The van der Waals surface area contributed by atoms with Gasteiger partial charge in [-0.2, -0.15) is 4.98 Å². The van der Waals surface area contributed by atoms with E-state index < -0.39 is 89.4 Å². The molecule has 61 heavy (non-hydrogen) atoms. The number of aryl methyl sites for hydroxylation is 1. The Morgan fingerprint density at radius 3 is 2.34 bits per heavy atom. The number of nitrogens with one attached hydrogen (secondary N) is 2. The van der Waals surface area contributed by atoms with Gasteiger partial charge in [0.15, 0.2) is 17.7 Å². The molecule has 2 amide bonds. The van der Waals surface area contributed by atoms with Crippen molar-refractivity contribution in [1.29, 1.82) is 0 Å². The Balaban J connectivity index is 1.40. The van der Waals surface area contributed by atoms with Crippen LogP contribution in [0.5, 0.6) is 5.75 Å². The number of fused-ring (bicyclic) bond motifs is 1. The van der Waals surface area contributed by atoms with E-state index in [9.17, 15) is 24.3 Å². The van der Waals surface area contributed by atoms with Crippen LogP contribution in [0.2, 0.25) is 0 Å². The van der Waals surface area contributed by atoms with Crippen molar-refractivity contribution < 1.29 is 57.2 Å². The molecule has 3 aliphatic rings. The largest absolute Gasteiger partial charge is 0.497 e. The van der Waals surface area contributed by atoms with Gasteiger partial charge < -0.3 is 48.3 Å². The number of carbonyl (C=O) groups excluding carboxylic acids is 4. The standard InChI is InChI=1S/C43H66N6O12/c1-13-31-43(8)35(49(41(54)60-43)44-20-14-15-32-46-37(47-61-32)28-16-18-29(55-11)19-17-28)27(6)38(52)45-23(2)22-42(7,56-12)36(25(4)33(50)26(5)39(53)58-31)59-40-34(51)30(48(9)10)21-24(3)57-40/h16-19,23-27,30-31,34-36,40,44,51H,13-15,20-22H2,1-12H3,(H,45,52)/t23-,24-,25+,26-,27?,30+,31+,34-,35-,36+,40+,42+,43-/m1/s1. The summed E-state index contributed by atoms with van der Waals surface area (Å²) in [7, 11) is 6.80. The monoisotopic (exact) mass is 858 g/mol. The van der Waals surface area contributed by atoms with Crippen LogP contribution < -0.4 is 15.5 Å². The number of likely N-dealkylation sites (N-methyl/N-ethyl adjacent to an activating group) is 1. The third-order valence-corrected chi connectivity index (χ3v) is 12.6. The minimum absolute atomic E-state index is 0.158. The van der Waals surface area contributed by atoms with Gasteiger partial charge in [-0.25, -0.2) is 15.2 Å². The number of hydrogen-bond donors (Lipinski definition) is 3. The molecule has 340 valence electrons. The van der Waals surface area contributed by atoms with Gasteiger partial charge in [0, 0.05) is 43.6 Å². The van der Waals surface area contributed by atoms with E-state index in [4.69, 9.17) is 32.9 Å². The van der Waals surface area contributed by atoms with Gasteiger partial charge in [-0.15, -0.1) is 0 Å². The highest BCUT2D eigenvalue weighted by atomic mass is 16.7. The first-order valence-electron chi connectivity index (χ1n) is 21.3. The van der Waals surface area contributed by atoms with Gasteiger partial charge in [0.1, 0.15) is 29.9 Å². The van der Waals surface area contributed by atoms with Crippen molar-refractivity contribution in [2.24, 2.45) is 17.8 Å². The van der Waals surface area contributed by atoms with Crippen molar-refractivity contribution in [3.63, 3.8) is 0 Å². The highest BCUT2D eigenvalue weighted by Gasteiger charge is 2.60. The molecule has 1 unspecified atom stereocenters. The van der Waals surface area contributed by atoms with E-state index in [2.05, 4.69) is 20.9 Å². The number of amides is 2. The summed E-state index contributed by atoms with van der Waals surface area (Å²) in [6.45, 7) is 13.9. The second kappa shape index (κ2) is 19.9. The molecule has 0 saturated carbocycles. The van der Waals surface area contributed by atoms with E-state index in [0.717, 1.165) is 5.56 Å². The van der Waals surface area contributed by atoms with E-state index in [1.165, 1.54) is 19.0 Å². The van der Waals surface area contributed by atoms with Crippen LogP contribution in [0.1, 0.15) is 87.0 Å². The fourth-order valence-corrected chi connectivity index (χ4v) is 9.05. The number of Topliss-reactive ketones (excluding diaryl/α,β-unsaturated/α-hetero) is 1. The van der Waals surface area contributed by atoms with Crippen molar-refractivity contribution in [3.05, 3.63) is 30.2 Å². The Morgan fingerprint density at radius 1 is 1.03 bits per heavy atom. The topological polar surface area (TPSA) is 213 Å². The van der Waals surface area contributed by atoms with Gasteiger partial charge in [-0.1, -0.05) is 25.9 Å². The molecule has 0 radical (unpaired) electrons. The molecule has 1 aromatic carbocycles. The number of rotatable bonds is 12. The molecule has 3 aliphatic heterocycles. The average Bonchev–Trinajstić information content (AvgIpc) is 3.80. The average molecular weight is 859 g/mol. The van der Waals surface area contributed by atoms with Crippen LogP contribution in [0.3, 0.4) is 0 Å². The predicted octanol–water partition coefficient (Wildman–Crippen LogP) is 3.69. The Labute approximate surface area is 358 Å². The van der Waals surface area contributed by atoms with E-state index in [0.29, 0.717) is 36.7 Å². The van der Waals surface area contributed by atoms with Gasteiger partial charge in [-0.3, -0.25) is 14.4 Å². The van der Waals surface area contributed by atoms with E-state index >= 15 is 0 Å². The lowest BCUT2D eigenvalue weighted by Crippen LogP contribution is -2.61. The zero-order valence-electron chi connectivity index (χ0n) is 37.6. The number of carbonyl (C=O) groups is 4. The molecule has 0 spiro atoms. The lowest BCUT2D eigenvalue weighted by molar-refractivity contribution is -0.295. The van der Waals surface area contributed by atoms with Crippen molar-refractivity contribution in [1.82, 2.24) is 30.8 Å².